The van der Waals surface area contributed by atoms with E-state index in [9.17, 15) is 0 Å². The second-order valence-corrected chi connectivity index (χ2v) is 3.04. The van der Waals surface area contributed by atoms with Gasteiger partial charge in [-0.1, -0.05) is 23.7 Å². The molecule has 14 heavy (non-hydrogen) atoms. The summed E-state index contributed by atoms with van der Waals surface area (Å²) in [6.07, 6.45) is 0. The third-order valence-corrected chi connectivity index (χ3v) is 2.07. The third kappa shape index (κ3) is 1.55. The van der Waals surface area contributed by atoms with Gasteiger partial charge in [-0.25, -0.2) is 5.84 Å². The van der Waals surface area contributed by atoms with E-state index in [0.717, 1.165) is 5.56 Å². The van der Waals surface area contributed by atoms with E-state index in [-0.39, 0.29) is 0 Å². The second kappa shape index (κ2) is 3.65. The Morgan fingerprint density at radius 1 is 1.36 bits per heavy atom. The molecule has 0 saturated carbocycles. The van der Waals surface area contributed by atoms with Crippen LogP contribution in [-0.2, 0) is 0 Å². The van der Waals surface area contributed by atoms with Crippen molar-refractivity contribution in [2.75, 3.05) is 5.43 Å². The summed E-state index contributed by atoms with van der Waals surface area (Å²) in [5.74, 6) is 6.07. The normalized spacial score (nSPS) is 10.1. The van der Waals surface area contributed by atoms with Crippen molar-refractivity contribution in [1.82, 2.24) is 15.2 Å². The molecule has 0 aliphatic rings. The number of hydrogen-bond donors (Lipinski definition) is 3. The Hall–Kier alpha value is -1.59. The maximum Gasteiger partial charge on any atom is 0.256 e. The van der Waals surface area contributed by atoms with Gasteiger partial charge in [0.05, 0.1) is 5.02 Å². The molecule has 4 N–H and O–H groups in total. The number of halogens is 1. The Morgan fingerprint density at radius 3 is 2.79 bits per heavy atom. The van der Waals surface area contributed by atoms with Crippen LogP contribution >= 0.6 is 11.6 Å². The fraction of sp³-hybridized carbons (Fsp3) is 0. The van der Waals surface area contributed by atoms with Crippen molar-refractivity contribution in [3.63, 3.8) is 0 Å². The van der Waals surface area contributed by atoms with Crippen LogP contribution in [0.15, 0.2) is 24.3 Å². The van der Waals surface area contributed by atoms with Gasteiger partial charge in [-0.05, 0) is 12.1 Å². The highest BCUT2D eigenvalue weighted by molar-refractivity contribution is 6.33. The number of nitrogen functional groups attached to an aromatic ring is 1. The molecule has 0 atom stereocenters. The first-order chi connectivity index (χ1) is 6.81. The minimum Gasteiger partial charge on any atom is -0.291 e. The van der Waals surface area contributed by atoms with Gasteiger partial charge in [-0.2, -0.15) is 4.98 Å². The number of aromatic nitrogens is 3. The van der Waals surface area contributed by atoms with Crippen molar-refractivity contribution in [3.8, 4) is 11.4 Å². The van der Waals surface area contributed by atoms with E-state index in [0.29, 0.717) is 16.8 Å². The SMILES string of the molecule is NNc1n[nH]c(-c2ccccc2Cl)n1. The summed E-state index contributed by atoms with van der Waals surface area (Å²) in [6.45, 7) is 0. The summed E-state index contributed by atoms with van der Waals surface area (Å²) in [5, 5.41) is 7.16. The maximum atomic E-state index is 5.97. The maximum absolute atomic E-state index is 5.97. The van der Waals surface area contributed by atoms with Crippen molar-refractivity contribution in [1.29, 1.82) is 0 Å². The highest BCUT2D eigenvalue weighted by Gasteiger charge is 2.07. The molecule has 0 aliphatic carbocycles. The van der Waals surface area contributed by atoms with Gasteiger partial charge < -0.3 is 0 Å². The monoisotopic (exact) mass is 209 g/mol. The van der Waals surface area contributed by atoms with Crippen LogP contribution in [0.1, 0.15) is 0 Å². The summed E-state index contributed by atoms with van der Waals surface area (Å²) in [4.78, 5) is 4.07. The Morgan fingerprint density at radius 2 is 2.14 bits per heavy atom. The molecule has 0 amide bonds. The number of nitrogens with zero attached hydrogens (tertiary/aromatic N) is 2. The van der Waals surface area contributed by atoms with Crippen molar-refractivity contribution in [2.24, 2.45) is 5.84 Å². The third-order valence-electron chi connectivity index (χ3n) is 1.74. The lowest BCUT2D eigenvalue weighted by Crippen LogP contribution is -2.07. The molecule has 1 heterocycles. The van der Waals surface area contributed by atoms with E-state index in [2.05, 4.69) is 20.6 Å². The standard InChI is InChI=1S/C8H8ClN5/c9-6-4-2-1-3-5(6)7-11-8(12-10)14-13-7/h1-4H,10H2,(H2,11,12,13,14). The molecule has 0 spiro atoms. The molecule has 2 aromatic rings. The minimum absolute atomic E-state index is 0.333. The lowest BCUT2D eigenvalue weighted by Gasteiger charge is -1.97. The molecule has 0 saturated heterocycles. The first-order valence-corrected chi connectivity index (χ1v) is 4.33. The summed E-state index contributed by atoms with van der Waals surface area (Å²) in [7, 11) is 0. The fourth-order valence-electron chi connectivity index (χ4n) is 1.10. The number of rotatable bonds is 2. The fourth-order valence-corrected chi connectivity index (χ4v) is 1.33. The zero-order valence-electron chi connectivity index (χ0n) is 7.16. The molecule has 0 bridgehead atoms. The first-order valence-electron chi connectivity index (χ1n) is 3.95. The Bertz CT molecular complexity index is 439. The van der Waals surface area contributed by atoms with E-state index < -0.39 is 0 Å². The van der Waals surface area contributed by atoms with Gasteiger partial charge >= 0.3 is 0 Å². The smallest absolute Gasteiger partial charge is 0.256 e. The number of benzene rings is 1. The molecule has 0 aliphatic heterocycles. The number of anilines is 1. The lowest BCUT2D eigenvalue weighted by molar-refractivity contribution is 1.08. The van der Waals surface area contributed by atoms with E-state index in [4.69, 9.17) is 17.4 Å². The average Bonchev–Trinajstić information content (AvgIpc) is 2.67. The molecule has 72 valence electrons. The van der Waals surface area contributed by atoms with Gasteiger partial charge in [0.15, 0.2) is 5.82 Å². The Kier molecular flexibility index (Phi) is 2.34. The van der Waals surface area contributed by atoms with Crippen LogP contribution in [0.25, 0.3) is 11.4 Å². The Balaban J connectivity index is 2.44. The van der Waals surface area contributed by atoms with Crippen molar-refractivity contribution >= 4 is 17.5 Å². The van der Waals surface area contributed by atoms with Gasteiger partial charge in [0, 0.05) is 5.56 Å². The molecule has 0 radical (unpaired) electrons. The highest BCUT2D eigenvalue weighted by Crippen LogP contribution is 2.24. The summed E-state index contributed by atoms with van der Waals surface area (Å²) in [6, 6.07) is 7.36. The molecule has 1 aromatic heterocycles. The number of aromatic amines is 1. The lowest BCUT2D eigenvalue weighted by atomic mass is 10.2. The molecule has 5 nitrogen and oxygen atoms in total. The zero-order valence-corrected chi connectivity index (χ0v) is 7.92. The molecular weight excluding hydrogens is 202 g/mol. The van der Waals surface area contributed by atoms with E-state index in [1.54, 1.807) is 6.07 Å². The molecule has 1 aromatic carbocycles. The number of hydrazine groups is 1. The molecule has 2 rings (SSSR count). The van der Waals surface area contributed by atoms with Crippen molar-refractivity contribution in [3.05, 3.63) is 29.3 Å². The minimum atomic E-state index is 0.333. The topological polar surface area (TPSA) is 79.6 Å². The van der Waals surface area contributed by atoms with Crippen LogP contribution in [0.3, 0.4) is 0 Å². The van der Waals surface area contributed by atoms with Gasteiger partial charge in [-0.15, -0.1) is 5.10 Å². The van der Waals surface area contributed by atoms with Gasteiger partial charge in [-0.3, -0.25) is 10.5 Å². The van der Waals surface area contributed by atoms with Crippen LogP contribution < -0.4 is 11.3 Å². The highest BCUT2D eigenvalue weighted by atomic mass is 35.5. The summed E-state index contributed by atoms with van der Waals surface area (Å²) >= 11 is 5.97. The van der Waals surface area contributed by atoms with Gasteiger partial charge in [0.25, 0.3) is 5.95 Å². The quantitative estimate of drug-likeness (QED) is 0.516. The molecule has 0 fully saturated rings. The largest absolute Gasteiger partial charge is 0.291 e. The number of hydrogen-bond acceptors (Lipinski definition) is 4. The molecular formula is C8H8ClN5. The number of H-pyrrole nitrogens is 1. The van der Waals surface area contributed by atoms with Crippen LogP contribution in [0, 0.1) is 0 Å². The average molecular weight is 210 g/mol. The molecule has 6 heteroatoms. The molecule has 0 unspecified atom stereocenters. The number of nitrogens with two attached hydrogens (primary N) is 1. The van der Waals surface area contributed by atoms with Crippen molar-refractivity contribution in [2.45, 2.75) is 0 Å². The van der Waals surface area contributed by atoms with E-state index >= 15 is 0 Å². The summed E-state index contributed by atoms with van der Waals surface area (Å²) in [5.41, 5.74) is 3.13. The van der Waals surface area contributed by atoms with Crippen LogP contribution in [0.5, 0.6) is 0 Å². The van der Waals surface area contributed by atoms with Crippen molar-refractivity contribution < 1.29 is 0 Å². The zero-order chi connectivity index (χ0) is 9.97. The predicted octanol–water partition coefficient (Wildman–Crippen LogP) is 1.41. The Labute approximate surface area is 85.3 Å². The van der Waals surface area contributed by atoms with Crippen LogP contribution in [0.4, 0.5) is 5.95 Å². The van der Waals surface area contributed by atoms with Crippen LogP contribution in [-0.4, -0.2) is 15.2 Å². The number of nitrogens with one attached hydrogen (secondary N) is 2. The van der Waals surface area contributed by atoms with Gasteiger partial charge in [0.2, 0.25) is 0 Å². The van der Waals surface area contributed by atoms with E-state index in [1.165, 1.54) is 0 Å². The first kappa shape index (κ1) is 8.98. The van der Waals surface area contributed by atoms with Crippen LogP contribution in [0.2, 0.25) is 5.02 Å². The predicted molar refractivity (Wildman–Crippen MR) is 54.6 cm³/mol. The summed E-state index contributed by atoms with van der Waals surface area (Å²) < 4.78 is 0. The van der Waals surface area contributed by atoms with E-state index in [1.807, 2.05) is 18.2 Å². The second-order valence-electron chi connectivity index (χ2n) is 2.63. The van der Waals surface area contributed by atoms with Gasteiger partial charge in [0.1, 0.15) is 0 Å².